The number of unbranched alkanes of at least 4 members (excludes halogenated alkanes) is 8. The molecule has 0 radical (unpaired) electrons. The smallest absolute Gasteiger partial charge is 0.399 e. The van der Waals surface area contributed by atoms with Gasteiger partial charge >= 0.3 is 14.2 Å². The molecule has 2 heterocycles. The van der Waals surface area contributed by atoms with E-state index in [1.807, 2.05) is 55.4 Å². The minimum atomic E-state index is -0.630. The predicted octanol–water partition coefficient (Wildman–Crippen LogP) is 7.43. The second-order valence-electron chi connectivity index (χ2n) is 15.4. The molecular weight excluding hydrogens is 628 g/mol. The maximum atomic E-state index is 14.5. The summed E-state index contributed by atoms with van der Waals surface area (Å²) in [7, 11) is -1.26. The molecule has 4 rings (SSSR count). The summed E-state index contributed by atoms with van der Waals surface area (Å²) in [5.41, 5.74) is -0.454. The summed E-state index contributed by atoms with van der Waals surface area (Å²) in [6.45, 7) is 15.7. The Bertz CT molecular complexity index is 1330. The molecule has 0 spiro atoms. The lowest BCUT2D eigenvalue weighted by Gasteiger charge is -2.32. The van der Waals surface area contributed by atoms with Crippen molar-refractivity contribution in [3.05, 3.63) is 48.0 Å². The fraction of sp³-hybridized carbons (Fsp3) is 0.622. The Balaban J connectivity index is 1.05. The van der Waals surface area contributed by atoms with Crippen molar-refractivity contribution in [2.75, 3.05) is 10.6 Å². The van der Waals surface area contributed by atoms with Crippen molar-refractivity contribution in [1.29, 1.82) is 0 Å². The van der Waals surface area contributed by atoms with Crippen LogP contribution in [0, 0.1) is 11.6 Å². The van der Waals surface area contributed by atoms with Crippen LogP contribution in [0.15, 0.2) is 36.4 Å². The van der Waals surface area contributed by atoms with Gasteiger partial charge < -0.3 is 29.3 Å². The fourth-order valence-corrected chi connectivity index (χ4v) is 5.76. The summed E-state index contributed by atoms with van der Waals surface area (Å²) >= 11 is 0. The topological polar surface area (TPSA) is 95.1 Å². The molecule has 2 aliphatic heterocycles. The molecule has 0 saturated carbocycles. The number of halogens is 2. The van der Waals surface area contributed by atoms with Gasteiger partial charge in [-0.15, -0.1) is 0 Å². The van der Waals surface area contributed by atoms with Crippen LogP contribution >= 0.6 is 0 Å². The summed E-state index contributed by atoms with van der Waals surface area (Å²) in [5, 5.41) is 5.41. The highest BCUT2D eigenvalue weighted by Gasteiger charge is 2.52. The van der Waals surface area contributed by atoms with Crippen molar-refractivity contribution in [3.63, 3.8) is 0 Å². The first-order valence-corrected chi connectivity index (χ1v) is 17.8. The third kappa shape index (κ3) is 10.1. The van der Waals surface area contributed by atoms with E-state index in [-0.39, 0.29) is 23.2 Å². The Kier molecular flexibility index (Phi) is 12.8. The normalized spacial score (nSPS) is 18.9. The van der Waals surface area contributed by atoms with Crippen LogP contribution in [0.3, 0.4) is 0 Å². The molecule has 0 aliphatic carbocycles. The van der Waals surface area contributed by atoms with Gasteiger partial charge in [0.2, 0.25) is 11.8 Å². The monoisotopic (exact) mass is 682 g/mol. The Morgan fingerprint density at radius 1 is 0.531 bits per heavy atom. The molecule has 0 atom stereocenters. The van der Waals surface area contributed by atoms with E-state index in [4.69, 9.17) is 18.6 Å². The molecule has 12 heteroatoms. The molecule has 0 bridgehead atoms. The number of benzene rings is 2. The van der Waals surface area contributed by atoms with Gasteiger partial charge in [-0.1, -0.05) is 57.1 Å². The Morgan fingerprint density at radius 2 is 0.816 bits per heavy atom. The van der Waals surface area contributed by atoms with Gasteiger partial charge in [-0.25, -0.2) is 8.78 Å². The largest absolute Gasteiger partial charge is 0.494 e. The minimum absolute atomic E-state index is 0.133. The molecule has 2 amide bonds. The van der Waals surface area contributed by atoms with Crippen LogP contribution in [0.2, 0.25) is 0 Å². The Hall–Kier alpha value is -2.79. The third-order valence-electron chi connectivity index (χ3n) is 10.4. The van der Waals surface area contributed by atoms with Gasteiger partial charge in [0, 0.05) is 12.8 Å². The minimum Gasteiger partial charge on any atom is -0.399 e. The fourth-order valence-electron chi connectivity index (χ4n) is 5.76. The molecule has 268 valence electrons. The maximum Gasteiger partial charge on any atom is 0.494 e. The molecule has 2 saturated heterocycles. The van der Waals surface area contributed by atoms with E-state index in [0.717, 1.165) is 57.8 Å². The second kappa shape index (κ2) is 16.0. The third-order valence-corrected chi connectivity index (χ3v) is 10.4. The van der Waals surface area contributed by atoms with Gasteiger partial charge in [0.1, 0.15) is 11.6 Å². The van der Waals surface area contributed by atoms with Gasteiger partial charge in [-0.05, 0) is 103 Å². The number of carbonyl (C=O) groups is 2. The molecule has 2 aromatic carbocycles. The van der Waals surface area contributed by atoms with E-state index in [1.165, 1.54) is 12.1 Å². The van der Waals surface area contributed by atoms with Gasteiger partial charge in [0.25, 0.3) is 0 Å². The summed E-state index contributed by atoms with van der Waals surface area (Å²) in [6.07, 6.45) is 9.27. The molecule has 2 aromatic rings. The molecule has 2 fully saturated rings. The van der Waals surface area contributed by atoms with Crippen molar-refractivity contribution < 1.29 is 37.0 Å². The van der Waals surface area contributed by atoms with E-state index >= 15 is 0 Å². The van der Waals surface area contributed by atoms with Gasteiger partial charge in [-0.2, -0.15) is 0 Å². The van der Waals surface area contributed by atoms with Crippen LogP contribution in [0.25, 0.3) is 0 Å². The van der Waals surface area contributed by atoms with E-state index in [0.29, 0.717) is 23.8 Å². The molecular formula is C37H54B2F2N2O6. The van der Waals surface area contributed by atoms with Crippen molar-refractivity contribution >= 4 is 48.4 Å². The summed E-state index contributed by atoms with van der Waals surface area (Å²) in [6, 6.07) is 9.08. The number of rotatable bonds is 16. The molecule has 0 unspecified atom stereocenters. The lowest BCUT2D eigenvalue weighted by molar-refractivity contribution is -0.117. The average molecular weight is 682 g/mol. The Morgan fingerprint density at radius 3 is 1.12 bits per heavy atom. The number of hydrogen-bond acceptors (Lipinski definition) is 6. The van der Waals surface area contributed by atoms with Crippen LogP contribution < -0.4 is 21.6 Å². The number of amides is 2. The van der Waals surface area contributed by atoms with Crippen molar-refractivity contribution in [3.8, 4) is 0 Å². The van der Waals surface area contributed by atoms with Gasteiger partial charge in [-0.3, -0.25) is 9.59 Å². The zero-order valence-electron chi connectivity index (χ0n) is 30.6. The van der Waals surface area contributed by atoms with Crippen molar-refractivity contribution in [2.24, 2.45) is 0 Å². The molecule has 8 nitrogen and oxygen atoms in total. The second-order valence-corrected chi connectivity index (χ2v) is 15.4. The average Bonchev–Trinajstić information content (AvgIpc) is 3.37. The first-order chi connectivity index (χ1) is 22.9. The SMILES string of the molecule is CC1(C)OB(c2ccc(F)c(NC(=O)CCCCCCCCCCCC(=O)Nc3cc(B4OC(C)(C)C(C)(C)O4)ccc3F)c2)OC1(C)C. The zero-order valence-corrected chi connectivity index (χ0v) is 30.6. The van der Waals surface area contributed by atoms with E-state index < -0.39 is 48.3 Å². The van der Waals surface area contributed by atoms with Crippen molar-refractivity contribution in [2.45, 2.75) is 148 Å². The summed E-state index contributed by atoms with van der Waals surface area (Å²) in [5.74, 6) is -1.41. The van der Waals surface area contributed by atoms with E-state index in [9.17, 15) is 18.4 Å². The molecule has 2 aliphatic rings. The lowest BCUT2D eigenvalue weighted by atomic mass is 9.79. The van der Waals surface area contributed by atoms with Crippen LogP contribution in [0.4, 0.5) is 20.2 Å². The number of anilines is 2. The van der Waals surface area contributed by atoms with E-state index in [1.54, 1.807) is 24.3 Å². The summed E-state index contributed by atoms with van der Waals surface area (Å²) in [4.78, 5) is 25.0. The van der Waals surface area contributed by atoms with Gasteiger partial charge in [0.05, 0.1) is 33.8 Å². The maximum absolute atomic E-state index is 14.5. The standard InChI is InChI=1S/C37H54B2F2N2O6/c1-34(2)35(3,4)47-38(46-34)26-20-22-28(40)30(24-26)42-32(44)18-16-14-12-10-9-11-13-15-17-19-33(45)43-31-25-27(21-23-29(31)41)39-48-36(5,6)37(7,8)49-39/h20-25H,9-19H2,1-8H3,(H,42,44)(H,43,45). The molecule has 2 N–H and O–H groups in total. The van der Waals surface area contributed by atoms with Crippen LogP contribution in [-0.4, -0.2) is 48.5 Å². The van der Waals surface area contributed by atoms with Crippen molar-refractivity contribution in [1.82, 2.24) is 0 Å². The highest BCUT2D eigenvalue weighted by Crippen LogP contribution is 2.37. The lowest BCUT2D eigenvalue weighted by Crippen LogP contribution is -2.41. The van der Waals surface area contributed by atoms with Crippen LogP contribution in [-0.2, 0) is 28.2 Å². The van der Waals surface area contributed by atoms with Crippen LogP contribution in [0.5, 0.6) is 0 Å². The quantitative estimate of drug-likeness (QED) is 0.141. The highest BCUT2D eigenvalue weighted by molar-refractivity contribution is 6.62. The first-order valence-electron chi connectivity index (χ1n) is 17.8. The first kappa shape index (κ1) is 39.0. The molecule has 0 aromatic heterocycles. The van der Waals surface area contributed by atoms with Crippen LogP contribution in [0.1, 0.15) is 126 Å². The Labute approximate surface area is 292 Å². The van der Waals surface area contributed by atoms with E-state index in [2.05, 4.69) is 10.6 Å². The number of nitrogens with one attached hydrogen (secondary N) is 2. The summed E-state index contributed by atoms with van der Waals surface area (Å²) < 4.78 is 53.2. The zero-order chi connectivity index (χ0) is 36.0. The number of hydrogen-bond donors (Lipinski definition) is 2. The highest BCUT2D eigenvalue weighted by atomic mass is 19.1. The molecule has 49 heavy (non-hydrogen) atoms. The van der Waals surface area contributed by atoms with Gasteiger partial charge in [0.15, 0.2) is 0 Å². The number of carbonyl (C=O) groups excluding carboxylic acids is 2. The predicted molar refractivity (Wildman–Crippen MR) is 192 cm³/mol.